The summed E-state index contributed by atoms with van der Waals surface area (Å²) in [6, 6.07) is 20.2. The quantitative estimate of drug-likeness (QED) is 0.408. The fourth-order valence-electron chi connectivity index (χ4n) is 4.01. The minimum atomic E-state index is -1.08. The number of Topliss-reactive ketones (excluding diaryl/α,β-unsaturated/α-hetero) is 1. The van der Waals surface area contributed by atoms with Crippen LogP contribution in [0.15, 0.2) is 71.7 Å². The third kappa shape index (κ3) is 5.54. The van der Waals surface area contributed by atoms with E-state index in [9.17, 15) is 14.4 Å². The monoisotopic (exact) mass is 502 g/mol. The van der Waals surface area contributed by atoms with Crippen LogP contribution >= 0.6 is 11.3 Å². The first-order chi connectivity index (χ1) is 17.4. The highest BCUT2D eigenvalue weighted by Crippen LogP contribution is 2.27. The van der Waals surface area contributed by atoms with Crippen LogP contribution < -0.4 is 15.5 Å². The number of carbonyl (C=O) groups excluding carboxylic acids is 3. The molecule has 0 bridgehead atoms. The Morgan fingerprint density at radius 3 is 2.53 bits per heavy atom. The van der Waals surface area contributed by atoms with E-state index in [2.05, 4.69) is 17.6 Å². The molecule has 2 heterocycles. The normalized spacial score (nSPS) is 16.0. The van der Waals surface area contributed by atoms with Gasteiger partial charge < -0.3 is 15.5 Å². The van der Waals surface area contributed by atoms with E-state index < -0.39 is 12.2 Å². The summed E-state index contributed by atoms with van der Waals surface area (Å²) >= 11 is 1.33. The number of anilines is 2. The van der Waals surface area contributed by atoms with Gasteiger partial charge in [0.05, 0.1) is 21.3 Å². The first-order valence-corrected chi connectivity index (χ1v) is 12.9. The number of para-hydroxylation sites is 1. The lowest BCUT2D eigenvalue weighted by Crippen LogP contribution is -2.49. The Bertz CT molecular complexity index is 1280. The number of likely N-dealkylation sites (N-methyl/N-ethyl adjacent to an activating group) is 1. The molecule has 0 radical (unpaired) electrons. The van der Waals surface area contributed by atoms with Crippen LogP contribution in [-0.4, -0.2) is 42.6 Å². The molecule has 2 atom stereocenters. The van der Waals surface area contributed by atoms with E-state index in [1.54, 1.807) is 26.1 Å². The molecule has 2 aromatic carbocycles. The number of unbranched alkanes of at least 4 members (excludes halogenated alkanes) is 1. The average Bonchev–Trinajstić information content (AvgIpc) is 3.34. The zero-order valence-corrected chi connectivity index (χ0v) is 21.5. The first-order valence-electron chi connectivity index (χ1n) is 12.1. The molecule has 0 unspecified atom stereocenters. The molecule has 186 valence electrons. The summed E-state index contributed by atoms with van der Waals surface area (Å²) in [4.78, 5) is 45.6. The van der Waals surface area contributed by atoms with Crippen molar-refractivity contribution in [3.05, 3.63) is 82.7 Å². The molecule has 0 saturated carbocycles. The lowest BCUT2D eigenvalue weighted by Gasteiger charge is -2.22. The van der Waals surface area contributed by atoms with Gasteiger partial charge in [0, 0.05) is 24.6 Å². The van der Waals surface area contributed by atoms with Crippen LogP contribution in [0.5, 0.6) is 0 Å². The fourth-order valence-corrected chi connectivity index (χ4v) is 4.97. The van der Waals surface area contributed by atoms with E-state index in [0.717, 1.165) is 34.7 Å². The maximum absolute atomic E-state index is 13.3. The lowest BCUT2D eigenvalue weighted by molar-refractivity contribution is -0.127. The molecule has 0 fully saturated rings. The van der Waals surface area contributed by atoms with E-state index in [0.29, 0.717) is 17.0 Å². The lowest BCUT2D eigenvalue weighted by atomic mass is 10.0. The van der Waals surface area contributed by atoms with Crippen molar-refractivity contribution in [2.24, 2.45) is 4.99 Å². The van der Waals surface area contributed by atoms with E-state index in [-0.39, 0.29) is 17.6 Å². The Morgan fingerprint density at radius 2 is 1.78 bits per heavy atom. The van der Waals surface area contributed by atoms with Crippen molar-refractivity contribution < 1.29 is 14.4 Å². The second-order valence-electron chi connectivity index (χ2n) is 8.73. The number of nitrogens with one attached hydrogen (secondary N) is 2. The van der Waals surface area contributed by atoms with Gasteiger partial charge in [-0.1, -0.05) is 61.9 Å². The Labute approximate surface area is 215 Å². The highest BCUT2D eigenvalue weighted by Gasteiger charge is 2.31. The predicted octanol–water partition coefficient (Wildman–Crippen LogP) is 4.88. The van der Waals surface area contributed by atoms with Gasteiger partial charge in [0.1, 0.15) is 6.04 Å². The van der Waals surface area contributed by atoms with Gasteiger partial charge in [-0.25, -0.2) is 4.99 Å². The number of ketones is 1. The summed E-state index contributed by atoms with van der Waals surface area (Å²) in [6.45, 7) is 3.77. The maximum atomic E-state index is 13.3. The molecule has 2 N–H and O–H groups in total. The molecule has 1 aromatic heterocycles. The molecule has 0 saturated heterocycles. The van der Waals surface area contributed by atoms with Crippen molar-refractivity contribution in [3.63, 3.8) is 0 Å². The molecule has 8 heteroatoms. The van der Waals surface area contributed by atoms with Gasteiger partial charge in [0.15, 0.2) is 5.78 Å². The van der Waals surface area contributed by atoms with E-state index in [4.69, 9.17) is 4.99 Å². The number of benzene rings is 2. The third-order valence-corrected chi connectivity index (χ3v) is 7.12. The SMILES string of the molecule is CCCCC(=O)c1ccc(N[C@@H](C)C(=O)N[C@H]2N=C(c3ccccc3)c3ccccc3N(C)C2=O)s1. The number of carbonyl (C=O) groups is 3. The van der Waals surface area contributed by atoms with Gasteiger partial charge in [-0.15, -0.1) is 11.3 Å². The number of benzodiazepines with no additional fused rings is 1. The molecule has 3 aromatic rings. The molecular weight excluding hydrogens is 472 g/mol. The third-order valence-electron chi connectivity index (χ3n) is 6.06. The molecule has 1 aliphatic heterocycles. The zero-order chi connectivity index (χ0) is 25.7. The van der Waals surface area contributed by atoms with Crippen LogP contribution in [0.4, 0.5) is 10.7 Å². The smallest absolute Gasteiger partial charge is 0.272 e. The molecular formula is C28H30N4O3S. The second kappa shape index (κ2) is 11.3. The topological polar surface area (TPSA) is 90.9 Å². The number of hydrogen-bond acceptors (Lipinski definition) is 6. The highest BCUT2D eigenvalue weighted by atomic mass is 32.1. The van der Waals surface area contributed by atoms with Crippen LogP contribution in [0, 0.1) is 0 Å². The molecule has 36 heavy (non-hydrogen) atoms. The number of rotatable bonds is 9. The van der Waals surface area contributed by atoms with Crippen LogP contribution in [0.3, 0.4) is 0 Å². The van der Waals surface area contributed by atoms with Gasteiger partial charge in [-0.2, -0.15) is 0 Å². The number of hydrogen-bond donors (Lipinski definition) is 2. The number of aliphatic imine (C=N–C) groups is 1. The minimum absolute atomic E-state index is 0.112. The van der Waals surface area contributed by atoms with Crippen molar-refractivity contribution in [2.45, 2.75) is 45.3 Å². The number of amides is 2. The largest absolute Gasteiger partial charge is 0.366 e. The van der Waals surface area contributed by atoms with Crippen LogP contribution in [0.25, 0.3) is 0 Å². The van der Waals surface area contributed by atoms with E-state index in [1.165, 1.54) is 16.2 Å². The van der Waals surface area contributed by atoms with E-state index in [1.807, 2.05) is 54.6 Å². The van der Waals surface area contributed by atoms with Gasteiger partial charge in [0.25, 0.3) is 5.91 Å². The number of nitrogens with zero attached hydrogens (tertiary/aromatic N) is 2. The summed E-state index contributed by atoms with van der Waals surface area (Å²) in [6.07, 6.45) is 1.27. The molecule has 4 rings (SSSR count). The van der Waals surface area contributed by atoms with Gasteiger partial charge >= 0.3 is 0 Å². The van der Waals surface area contributed by atoms with Crippen molar-refractivity contribution in [1.82, 2.24) is 5.32 Å². The van der Waals surface area contributed by atoms with Crippen LogP contribution in [0.2, 0.25) is 0 Å². The standard InChI is InChI=1S/C28H30N4O3S/c1-4-5-15-22(33)23-16-17-24(36-23)29-18(2)27(34)31-26-28(35)32(3)21-14-10-9-13-20(21)25(30-26)19-11-7-6-8-12-19/h6-14,16-18,26,29H,4-5,15H2,1-3H3,(H,31,34)/t18-,26+/m0/s1. The second-order valence-corrected chi connectivity index (χ2v) is 9.81. The van der Waals surface area contributed by atoms with Gasteiger partial charge in [-0.3, -0.25) is 14.4 Å². The van der Waals surface area contributed by atoms with Crippen molar-refractivity contribution in [2.75, 3.05) is 17.3 Å². The summed E-state index contributed by atoms with van der Waals surface area (Å²) < 4.78 is 0. The zero-order valence-electron chi connectivity index (χ0n) is 20.7. The van der Waals surface area contributed by atoms with Crippen LogP contribution in [0.1, 0.15) is 53.9 Å². The van der Waals surface area contributed by atoms with Crippen LogP contribution in [-0.2, 0) is 9.59 Å². The van der Waals surface area contributed by atoms with Crippen molar-refractivity contribution in [3.8, 4) is 0 Å². The first kappa shape index (κ1) is 25.3. The fraction of sp³-hybridized carbons (Fsp3) is 0.286. The van der Waals surface area contributed by atoms with Crippen molar-refractivity contribution in [1.29, 1.82) is 0 Å². The number of thiophene rings is 1. The maximum Gasteiger partial charge on any atom is 0.272 e. The Balaban J connectivity index is 1.53. The summed E-state index contributed by atoms with van der Waals surface area (Å²) in [5.41, 5.74) is 3.05. The molecule has 0 aliphatic carbocycles. The Hall–Kier alpha value is -3.78. The van der Waals surface area contributed by atoms with E-state index >= 15 is 0 Å². The minimum Gasteiger partial charge on any atom is -0.366 e. The van der Waals surface area contributed by atoms with Gasteiger partial charge in [-0.05, 0) is 31.5 Å². The predicted molar refractivity (Wildman–Crippen MR) is 145 cm³/mol. The molecule has 0 spiro atoms. The Kier molecular flexibility index (Phi) is 7.95. The summed E-state index contributed by atoms with van der Waals surface area (Å²) in [5, 5.41) is 6.68. The molecule has 1 aliphatic rings. The number of fused-ring (bicyclic) bond motifs is 1. The highest BCUT2D eigenvalue weighted by molar-refractivity contribution is 7.18. The summed E-state index contributed by atoms with van der Waals surface area (Å²) in [7, 11) is 1.69. The molecule has 2 amide bonds. The average molecular weight is 503 g/mol. The summed E-state index contributed by atoms with van der Waals surface area (Å²) in [5.74, 6) is -0.577. The van der Waals surface area contributed by atoms with Gasteiger partial charge in [0.2, 0.25) is 12.1 Å². The van der Waals surface area contributed by atoms with Crippen molar-refractivity contribution >= 4 is 45.3 Å². The molecule has 7 nitrogen and oxygen atoms in total. The Morgan fingerprint density at radius 1 is 1.06 bits per heavy atom.